The van der Waals surface area contributed by atoms with E-state index in [1.54, 1.807) is 24.7 Å². The van der Waals surface area contributed by atoms with Crippen LogP contribution in [0.5, 0.6) is 0 Å². The van der Waals surface area contributed by atoms with Crippen LogP contribution < -0.4 is 4.73 Å². The van der Waals surface area contributed by atoms with Crippen LogP contribution in [0.25, 0.3) is 11.4 Å². The smallest absolute Gasteiger partial charge is 0.233 e. The van der Waals surface area contributed by atoms with Crippen molar-refractivity contribution in [2.75, 3.05) is 0 Å². The lowest BCUT2D eigenvalue weighted by Gasteiger charge is -2.01. The first-order valence-corrected chi connectivity index (χ1v) is 4.68. The molecule has 1 N–H and O–H groups in total. The molecule has 0 radical (unpaired) electrons. The monoisotopic (exact) mass is 202 g/mol. The van der Waals surface area contributed by atoms with E-state index in [2.05, 4.69) is 9.97 Å². The number of nitrogens with zero attached hydrogens (tertiary/aromatic N) is 3. The SMILES string of the molecule is Cc1cc(C)[n+](O)cc1-c1ncccn1. The van der Waals surface area contributed by atoms with Gasteiger partial charge in [0.2, 0.25) is 11.9 Å². The van der Waals surface area contributed by atoms with E-state index < -0.39 is 0 Å². The van der Waals surface area contributed by atoms with Crippen molar-refractivity contribution in [2.24, 2.45) is 0 Å². The second kappa shape index (κ2) is 3.65. The molecule has 2 aromatic heterocycles. The molecule has 0 atom stereocenters. The molecule has 2 aromatic rings. The fourth-order valence-electron chi connectivity index (χ4n) is 1.46. The molecule has 0 aromatic carbocycles. The molecule has 0 fully saturated rings. The highest BCUT2D eigenvalue weighted by atomic mass is 16.5. The molecule has 15 heavy (non-hydrogen) atoms. The van der Waals surface area contributed by atoms with E-state index >= 15 is 0 Å². The molecule has 0 bridgehead atoms. The lowest BCUT2D eigenvalue weighted by Crippen LogP contribution is -2.33. The van der Waals surface area contributed by atoms with Crippen LogP contribution in [0.2, 0.25) is 0 Å². The molecule has 2 heterocycles. The maximum absolute atomic E-state index is 9.55. The van der Waals surface area contributed by atoms with Crippen molar-refractivity contribution in [1.29, 1.82) is 0 Å². The number of pyridine rings is 1. The van der Waals surface area contributed by atoms with Gasteiger partial charge in [-0.05, 0) is 18.6 Å². The molecule has 0 unspecified atom stereocenters. The zero-order valence-corrected chi connectivity index (χ0v) is 8.68. The quantitative estimate of drug-likeness (QED) is 0.560. The van der Waals surface area contributed by atoms with E-state index in [0.29, 0.717) is 5.82 Å². The molecule has 4 nitrogen and oxygen atoms in total. The van der Waals surface area contributed by atoms with Crippen LogP contribution in [0.3, 0.4) is 0 Å². The summed E-state index contributed by atoms with van der Waals surface area (Å²) in [5.41, 5.74) is 2.67. The normalized spacial score (nSPS) is 10.3. The number of rotatable bonds is 1. The minimum atomic E-state index is 0.623. The molecule has 0 aliphatic heterocycles. The topological polar surface area (TPSA) is 49.9 Å². The van der Waals surface area contributed by atoms with Crippen LogP contribution in [-0.2, 0) is 0 Å². The summed E-state index contributed by atoms with van der Waals surface area (Å²) in [6, 6.07) is 3.66. The van der Waals surface area contributed by atoms with Gasteiger partial charge in [-0.15, -0.1) is 0 Å². The fraction of sp³-hybridized carbons (Fsp3) is 0.182. The van der Waals surface area contributed by atoms with E-state index in [1.807, 2.05) is 19.9 Å². The van der Waals surface area contributed by atoms with Gasteiger partial charge in [-0.2, -0.15) is 0 Å². The van der Waals surface area contributed by atoms with Crippen molar-refractivity contribution in [2.45, 2.75) is 13.8 Å². The average Bonchev–Trinajstić information content (AvgIpc) is 2.25. The molecule has 76 valence electrons. The Hall–Kier alpha value is -1.97. The highest BCUT2D eigenvalue weighted by molar-refractivity contribution is 5.57. The Morgan fingerprint density at radius 2 is 1.87 bits per heavy atom. The summed E-state index contributed by atoms with van der Waals surface area (Å²) in [7, 11) is 0. The minimum Gasteiger partial charge on any atom is -0.285 e. The molecule has 0 spiro atoms. The Morgan fingerprint density at radius 1 is 1.20 bits per heavy atom. The number of hydrogen-bond acceptors (Lipinski definition) is 3. The summed E-state index contributed by atoms with van der Waals surface area (Å²) in [5.74, 6) is 0.623. The van der Waals surface area contributed by atoms with Crippen LogP contribution in [0.15, 0.2) is 30.7 Å². The zero-order valence-electron chi connectivity index (χ0n) is 8.68. The molecular weight excluding hydrogens is 190 g/mol. The lowest BCUT2D eigenvalue weighted by atomic mass is 10.1. The zero-order chi connectivity index (χ0) is 10.8. The van der Waals surface area contributed by atoms with Gasteiger partial charge < -0.3 is 0 Å². The van der Waals surface area contributed by atoms with Crippen molar-refractivity contribution < 1.29 is 9.94 Å². The summed E-state index contributed by atoms with van der Waals surface area (Å²) < 4.78 is 1.08. The Morgan fingerprint density at radius 3 is 2.53 bits per heavy atom. The second-order valence-corrected chi connectivity index (χ2v) is 3.43. The predicted octanol–water partition coefficient (Wildman–Crippen LogP) is 1.29. The van der Waals surface area contributed by atoms with Crippen molar-refractivity contribution in [3.05, 3.63) is 42.0 Å². The summed E-state index contributed by atoms with van der Waals surface area (Å²) >= 11 is 0. The molecule has 0 saturated heterocycles. The Bertz CT molecular complexity index is 483. The van der Waals surface area contributed by atoms with Gasteiger partial charge in [-0.25, -0.2) is 9.97 Å². The average molecular weight is 202 g/mol. The van der Waals surface area contributed by atoms with Crippen LogP contribution in [0.4, 0.5) is 0 Å². The van der Waals surface area contributed by atoms with Crippen LogP contribution in [-0.4, -0.2) is 15.2 Å². The molecule has 0 saturated carbocycles. The van der Waals surface area contributed by atoms with Gasteiger partial charge in [0.1, 0.15) is 0 Å². The first-order chi connectivity index (χ1) is 7.18. The van der Waals surface area contributed by atoms with E-state index in [-0.39, 0.29) is 0 Å². The number of hydrogen-bond donors (Lipinski definition) is 1. The number of aromatic nitrogens is 3. The maximum Gasteiger partial charge on any atom is 0.233 e. The van der Waals surface area contributed by atoms with Gasteiger partial charge in [0, 0.05) is 30.1 Å². The molecule has 0 aliphatic rings. The maximum atomic E-state index is 9.55. The minimum absolute atomic E-state index is 0.623. The first-order valence-electron chi connectivity index (χ1n) is 4.68. The van der Waals surface area contributed by atoms with Gasteiger partial charge in [0.25, 0.3) is 0 Å². The second-order valence-electron chi connectivity index (χ2n) is 3.43. The van der Waals surface area contributed by atoms with Crippen LogP contribution in [0, 0.1) is 13.8 Å². The Labute approximate surface area is 87.8 Å². The molecular formula is C11H12N3O+. The van der Waals surface area contributed by atoms with Gasteiger partial charge in [-0.1, -0.05) is 0 Å². The molecule has 0 amide bonds. The van der Waals surface area contributed by atoms with Crippen molar-refractivity contribution in [1.82, 2.24) is 9.97 Å². The van der Waals surface area contributed by atoms with E-state index in [1.165, 1.54) is 0 Å². The van der Waals surface area contributed by atoms with Crippen molar-refractivity contribution >= 4 is 0 Å². The summed E-state index contributed by atoms with van der Waals surface area (Å²) in [6.07, 6.45) is 4.99. The predicted molar refractivity (Wildman–Crippen MR) is 54.3 cm³/mol. The van der Waals surface area contributed by atoms with Gasteiger partial charge in [-0.3, -0.25) is 5.21 Å². The lowest BCUT2D eigenvalue weighted by molar-refractivity contribution is -0.908. The van der Waals surface area contributed by atoms with E-state index in [0.717, 1.165) is 21.6 Å². The van der Waals surface area contributed by atoms with Crippen LogP contribution >= 0.6 is 0 Å². The third-order valence-corrected chi connectivity index (χ3v) is 2.27. The highest BCUT2D eigenvalue weighted by Gasteiger charge is 2.13. The van der Waals surface area contributed by atoms with E-state index in [4.69, 9.17) is 0 Å². The standard InChI is InChI=1S/C11H12N3O/c1-8-6-9(2)14(15)7-10(8)11-12-4-3-5-13-11/h3-7,15H,1-2H3/q+1. The summed E-state index contributed by atoms with van der Waals surface area (Å²) in [4.78, 5) is 8.29. The fourth-order valence-corrected chi connectivity index (χ4v) is 1.46. The van der Waals surface area contributed by atoms with E-state index in [9.17, 15) is 5.21 Å². The third kappa shape index (κ3) is 1.79. The van der Waals surface area contributed by atoms with Gasteiger partial charge in [0.05, 0.1) is 5.56 Å². The number of aryl methyl sites for hydroxylation is 2. The summed E-state index contributed by atoms with van der Waals surface area (Å²) in [5, 5.41) is 9.55. The van der Waals surface area contributed by atoms with Gasteiger partial charge in [0.15, 0.2) is 5.82 Å². The Balaban J connectivity index is 2.59. The molecule has 2 rings (SSSR count). The Kier molecular flexibility index (Phi) is 2.33. The molecule has 0 aliphatic carbocycles. The third-order valence-electron chi connectivity index (χ3n) is 2.27. The van der Waals surface area contributed by atoms with Crippen molar-refractivity contribution in [3.63, 3.8) is 0 Å². The van der Waals surface area contributed by atoms with Crippen molar-refractivity contribution in [3.8, 4) is 11.4 Å². The van der Waals surface area contributed by atoms with Gasteiger partial charge >= 0.3 is 0 Å². The summed E-state index contributed by atoms with van der Waals surface area (Å²) in [6.45, 7) is 3.81. The molecule has 4 heteroatoms. The van der Waals surface area contributed by atoms with Crippen LogP contribution in [0.1, 0.15) is 11.3 Å². The largest absolute Gasteiger partial charge is 0.285 e. The highest BCUT2D eigenvalue weighted by Crippen LogP contribution is 2.16. The first kappa shape index (κ1) is 9.58.